The van der Waals surface area contributed by atoms with Crippen LogP contribution in [0.25, 0.3) is 0 Å². The maximum absolute atomic E-state index is 14.4. The van der Waals surface area contributed by atoms with E-state index >= 15 is 0 Å². The van der Waals surface area contributed by atoms with Gasteiger partial charge in [0, 0.05) is 24.0 Å². The van der Waals surface area contributed by atoms with Crippen molar-refractivity contribution in [3.63, 3.8) is 0 Å². The molecule has 1 aromatic carbocycles. The Labute approximate surface area is 148 Å². The lowest BCUT2D eigenvalue weighted by molar-refractivity contribution is 0.0923. The van der Waals surface area contributed by atoms with Crippen LogP contribution in [0.4, 0.5) is 14.5 Å². The normalized spacial score (nSPS) is 22.5. The van der Waals surface area contributed by atoms with Crippen LogP contribution in [-0.2, 0) is 17.3 Å². The summed E-state index contributed by atoms with van der Waals surface area (Å²) in [5.74, 6) is -1.11. The quantitative estimate of drug-likeness (QED) is 0.872. The second-order valence-electron chi connectivity index (χ2n) is 6.32. The van der Waals surface area contributed by atoms with E-state index in [0.29, 0.717) is 5.69 Å². The Kier molecular flexibility index (Phi) is 4.39. The number of rotatable bonds is 3. The molecule has 2 atom stereocenters. The highest BCUT2D eigenvalue weighted by Gasteiger charge is 2.42. The van der Waals surface area contributed by atoms with E-state index in [-0.39, 0.29) is 23.9 Å². The number of amidine groups is 1. The first kappa shape index (κ1) is 17.8. The molecule has 0 saturated carbocycles. The highest BCUT2D eigenvalue weighted by Crippen LogP contribution is 2.37. The lowest BCUT2D eigenvalue weighted by Gasteiger charge is -2.33. The number of aromatic nitrogens is 2. The van der Waals surface area contributed by atoms with Gasteiger partial charge in [-0.15, -0.1) is 0 Å². The van der Waals surface area contributed by atoms with E-state index in [2.05, 4.69) is 15.4 Å². The summed E-state index contributed by atoms with van der Waals surface area (Å²) in [6, 6.07) is 5.29. The first-order chi connectivity index (χ1) is 12.2. The topological polar surface area (TPSA) is 94.5 Å². The molecule has 1 aliphatic rings. The fraction of sp³-hybridized carbons (Fsp3) is 0.353. The number of nitrogens with zero attached hydrogens (tertiary/aromatic N) is 3. The first-order valence-corrected chi connectivity index (χ1v) is 7.95. The van der Waals surface area contributed by atoms with Gasteiger partial charge in [0.1, 0.15) is 18.0 Å². The third kappa shape index (κ3) is 3.12. The molecule has 0 radical (unpaired) electrons. The molecule has 3 rings (SSSR count). The van der Waals surface area contributed by atoms with Gasteiger partial charge in [0.15, 0.2) is 11.9 Å². The van der Waals surface area contributed by atoms with Crippen LogP contribution in [-0.4, -0.2) is 34.5 Å². The predicted octanol–water partition coefficient (Wildman–Crippen LogP) is 2.02. The molecule has 2 aromatic rings. The minimum Gasteiger partial charge on any atom is -0.462 e. The molecule has 0 aliphatic carbocycles. The Morgan fingerprint density at radius 1 is 1.46 bits per heavy atom. The number of hydrogen-bond donors (Lipinski definition) is 2. The highest BCUT2D eigenvalue weighted by molar-refractivity contribution is 6.03. The number of amides is 1. The summed E-state index contributed by atoms with van der Waals surface area (Å²) in [6.45, 7) is 2.92. The van der Waals surface area contributed by atoms with Gasteiger partial charge in [0.2, 0.25) is 0 Å². The van der Waals surface area contributed by atoms with Gasteiger partial charge in [0.05, 0.1) is 0 Å². The Balaban J connectivity index is 1.93. The number of hydrogen-bond acceptors (Lipinski definition) is 5. The fourth-order valence-electron chi connectivity index (χ4n) is 2.74. The van der Waals surface area contributed by atoms with Crippen molar-refractivity contribution in [3.05, 3.63) is 47.0 Å². The number of aryl methyl sites for hydroxylation is 2. The Bertz CT molecular complexity index is 876. The van der Waals surface area contributed by atoms with Gasteiger partial charge in [0.25, 0.3) is 11.9 Å². The molecule has 7 nitrogen and oxygen atoms in total. The number of alkyl halides is 1. The molecular formula is C17H19F2N5O2. The average Bonchev–Trinajstić information content (AvgIpc) is 2.92. The summed E-state index contributed by atoms with van der Waals surface area (Å²) in [5, 5.41) is 6.72. The molecule has 9 heteroatoms. The molecule has 26 heavy (non-hydrogen) atoms. The molecule has 3 N–H and O–H groups in total. The molecule has 0 saturated heterocycles. The van der Waals surface area contributed by atoms with E-state index in [4.69, 9.17) is 10.5 Å². The number of aliphatic imine (C=N–C) groups is 1. The number of anilines is 1. The van der Waals surface area contributed by atoms with Crippen molar-refractivity contribution in [1.29, 1.82) is 0 Å². The van der Waals surface area contributed by atoms with Gasteiger partial charge >= 0.3 is 0 Å². The van der Waals surface area contributed by atoms with Crippen LogP contribution >= 0.6 is 0 Å². The summed E-state index contributed by atoms with van der Waals surface area (Å²) in [6.07, 6.45) is -1.59. The maximum Gasteiger partial charge on any atom is 0.283 e. The molecule has 1 aromatic heterocycles. The van der Waals surface area contributed by atoms with Gasteiger partial charge in [-0.3, -0.25) is 9.48 Å². The van der Waals surface area contributed by atoms with Crippen molar-refractivity contribution in [1.82, 2.24) is 9.78 Å². The van der Waals surface area contributed by atoms with Gasteiger partial charge in [-0.1, -0.05) is 0 Å². The highest BCUT2D eigenvalue weighted by atomic mass is 19.1. The third-order valence-corrected chi connectivity index (χ3v) is 4.45. The van der Waals surface area contributed by atoms with Crippen LogP contribution in [0, 0.1) is 12.7 Å². The van der Waals surface area contributed by atoms with E-state index in [0.717, 1.165) is 11.8 Å². The summed E-state index contributed by atoms with van der Waals surface area (Å²) in [5.41, 5.74) is 5.29. The summed E-state index contributed by atoms with van der Waals surface area (Å²) < 4.78 is 35.2. The molecule has 138 valence electrons. The van der Waals surface area contributed by atoms with Crippen LogP contribution in [0.15, 0.2) is 29.3 Å². The molecule has 0 unspecified atom stereocenters. The lowest BCUT2D eigenvalue weighted by atomic mass is 9.86. The lowest BCUT2D eigenvalue weighted by Crippen LogP contribution is -2.43. The Morgan fingerprint density at radius 2 is 2.19 bits per heavy atom. The van der Waals surface area contributed by atoms with Gasteiger partial charge < -0.3 is 15.8 Å². The van der Waals surface area contributed by atoms with Crippen LogP contribution in [0.2, 0.25) is 0 Å². The maximum atomic E-state index is 14.4. The second kappa shape index (κ2) is 6.40. The summed E-state index contributed by atoms with van der Waals surface area (Å²) in [4.78, 5) is 16.3. The predicted molar refractivity (Wildman–Crippen MR) is 92.1 cm³/mol. The zero-order chi connectivity index (χ0) is 19.1. The van der Waals surface area contributed by atoms with Gasteiger partial charge in [-0.2, -0.15) is 5.10 Å². The van der Waals surface area contributed by atoms with E-state index < -0.39 is 23.4 Å². The average molecular weight is 363 g/mol. The van der Waals surface area contributed by atoms with E-state index in [9.17, 15) is 13.6 Å². The first-order valence-electron chi connectivity index (χ1n) is 7.95. The van der Waals surface area contributed by atoms with Crippen molar-refractivity contribution >= 4 is 17.6 Å². The Morgan fingerprint density at radius 3 is 2.85 bits per heavy atom. The van der Waals surface area contributed by atoms with Crippen molar-refractivity contribution in [2.75, 3.05) is 11.9 Å². The van der Waals surface area contributed by atoms with Gasteiger partial charge in [-0.25, -0.2) is 13.8 Å². The fourth-order valence-corrected chi connectivity index (χ4v) is 2.74. The minimum absolute atomic E-state index is 0.0220. The number of halogens is 2. The zero-order valence-electron chi connectivity index (χ0n) is 14.6. The van der Waals surface area contributed by atoms with Crippen molar-refractivity contribution in [2.45, 2.75) is 25.6 Å². The van der Waals surface area contributed by atoms with Crippen LogP contribution in [0.3, 0.4) is 0 Å². The van der Waals surface area contributed by atoms with Crippen molar-refractivity contribution < 1.29 is 18.3 Å². The molecular weight excluding hydrogens is 344 g/mol. The number of nitrogens with two attached hydrogens (primary N) is 1. The van der Waals surface area contributed by atoms with E-state index in [1.54, 1.807) is 17.8 Å². The molecule has 0 spiro atoms. The zero-order valence-corrected chi connectivity index (χ0v) is 14.6. The second-order valence-corrected chi connectivity index (χ2v) is 6.32. The largest absolute Gasteiger partial charge is 0.462 e. The van der Waals surface area contributed by atoms with E-state index in [1.165, 1.54) is 19.1 Å². The third-order valence-electron chi connectivity index (χ3n) is 4.45. The van der Waals surface area contributed by atoms with Crippen molar-refractivity contribution in [3.8, 4) is 0 Å². The molecule has 1 aliphatic heterocycles. The van der Waals surface area contributed by atoms with Crippen LogP contribution in [0.1, 0.15) is 28.7 Å². The molecule has 0 fully saturated rings. The molecule has 0 bridgehead atoms. The summed E-state index contributed by atoms with van der Waals surface area (Å²) >= 11 is 0. The smallest absolute Gasteiger partial charge is 0.283 e. The SMILES string of the molecule is Cc1cc(C(=O)Nc2ccc(F)c([C@@]3(C)N=C(N)OC[C@@H]3F)c2)nn1C. The summed E-state index contributed by atoms with van der Waals surface area (Å²) in [7, 11) is 1.72. The molecule has 2 heterocycles. The van der Waals surface area contributed by atoms with Crippen LogP contribution in [0.5, 0.6) is 0 Å². The van der Waals surface area contributed by atoms with Crippen molar-refractivity contribution in [2.24, 2.45) is 17.8 Å². The minimum atomic E-state index is -1.59. The monoisotopic (exact) mass is 363 g/mol. The van der Waals surface area contributed by atoms with Gasteiger partial charge in [-0.05, 0) is 38.1 Å². The standard InChI is InChI=1S/C17H19F2N5O2/c1-9-6-13(23-24(9)3)15(25)21-10-4-5-12(18)11(7-10)17(2)14(19)8-26-16(20)22-17/h4-7,14H,8H2,1-3H3,(H2,20,22)(H,21,25)/t14-,17+/m0/s1. The van der Waals surface area contributed by atoms with E-state index in [1.807, 2.05) is 6.92 Å². The van der Waals surface area contributed by atoms with Crippen LogP contribution < -0.4 is 11.1 Å². The number of ether oxygens (including phenoxy) is 1. The Hall–Kier alpha value is -2.97. The molecule has 1 amide bonds. The number of nitrogens with one attached hydrogen (secondary N) is 1. The number of carbonyl (C=O) groups is 1. The number of benzene rings is 1. The number of carbonyl (C=O) groups excluding carboxylic acids is 1.